The van der Waals surface area contributed by atoms with Gasteiger partial charge in [0.05, 0.1) is 4.90 Å². The van der Waals surface area contributed by atoms with E-state index in [1.807, 2.05) is 4.90 Å². The minimum Gasteiger partial charge on any atom is -0.339 e. The van der Waals surface area contributed by atoms with Crippen LogP contribution in [0.3, 0.4) is 0 Å². The molecule has 0 spiro atoms. The summed E-state index contributed by atoms with van der Waals surface area (Å²) in [6, 6.07) is 12.5. The maximum Gasteiger partial charge on any atom is 0.261 e. The van der Waals surface area contributed by atoms with Crippen LogP contribution >= 0.6 is 11.6 Å². The number of sulfonamides is 1. The lowest BCUT2D eigenvalue weighted by Gasteiger charge is -2.30. The number of rotatable bonds is 4. The molecule has 26 heavy (non-hydrogen) atoms. The van der Waals surface area contributed by atoms with Crippen LogP contribution in [0.2, 0.25) is 5.02 Å². The van der Waals surface area contributed by atoms with E-state index in [0.29, 0.717) is 22.2 Å². The lowest BCUT2D eigenvalue weighted by Crippen LogP contribution is -2.37. The summed E-state index contributed by atoms with van der Waals surface area (Å²) in [7, 11) is -3.69. The van der Waals surface area contributed by atoms with Gasteiger partial charge in [0.2, 0.25) is 0 Å². The Hall–Kier alpha value is -2.05. The molecule has 3 rings (SSSR count). The van der Waals surface area contributed by atoms with Crippen LogP contribution in [0.5, 0.6) is 0 Å². The van der Waals surface area contributed by atoms with Gasteiger partial charge in [0.1, 0.15) is 0 Å². The second-order valence-corrected chi connectivity index (χ2v) is 8.73. The molecule has 2 aromatic rings. The van der Waals surface area contributed by atoms with Gasteiger partial charge in [-0.05, 0) is 67.3 Å². The largest absolute Gasteiger partial charge is 0.339 e. The second kappa shape index (κ2) is 7.68. The molecule has 0 saturated carbocycles. The number of carbonyl (C=O) groups excluding carboxylic acids is 1. The normalized spacial score (nSPS) is 15.7. The van der Waals surface area contributed by atoms with Crippen molar-refractivity contribution in [2.24, 2.45) is 5.92 Å². The van der Waals surface area contributed by atoms with Gasteiger partial charge in [0.25, 0.3) is 15.9 Å². The van der Waals surface area contributed by atoms with Crippen LogP contribution in [0.4, 0.5) is 5.69 Å². The smallest absolute Gasteiger partial charge is 0.261 e. The summed E-state index contributed by atoms with van der Waals surface area (Å²) in [4.78, 5) is 14.5. The Morgan fingerprint density at radius 3 is 2.19 bits per heavy atom. The van der Waals surface area contributed by atoms with Crippen molar-refractivity contribution in [2.75, 3.05) is 17.8 Å². The maximum absolute atomic E-state index is 12.5. The van der Waals surface area contributed by atoms with E-state index < -0.39 is 10.0 Å². The van der Waals surface area contributed by atoms with Crippen LogP contribution in [-0.2, 0) is 10.0 Å². The van der Waals surface area contributed by atoms with Gasteiger partial charge in [0.15, 0.2) is 0 Å². The van der Waals surface area contributed by atoms with E-state index in [1.165, 1.54) is 24.3 Å². The monoisotopic (exact) mass is 392 g/mol. The number of amides is 1. The molecule has 1 heterocycles. The summed E-state index contributed by atoms with van der Waals surface area (Å²) >= 11 is 5.79. The predicted octanol–water partition coefficient (Wildman–Crippen LogP) is 4.01. The number of likely N-dealkylation sites (tertiary alicyclic amines) is 1. The average molecular weight is 393 g/mol. The van der Waals surface area contributed by atoms with Crippen molar-refractivity contribution in [2.45, 2.75) is 24.7 Å². The topological polar surface area (TPSA) is 66.5 Å². The number of piperidine rings is 1. The molecular weight excluding hydrogens is 372 g/mol. The fourth-order valence-electron chi connectivity index (χ4n) is 2.90. The Morgan fingerprint density at radius 1 is 1.04 bits per heavy atom. The zero-order valence-electron chi connectivity index (χ0n) is 14.5. The SMILES string of the molecule is CC1CCN(C(=O)c2ccc(NS(=O)(=O)c3ccc(Cl)cc3)cc2)CC1. The van der Waals surface area contributed by atoms with Gasteiger partial charge in [-0.15, -0.1) is 0 Å². The molecule has 0 aliphatic carbocycles. The lowest BCUT2D eigenvalue weighted by atomic mass is 9.98. The van der Waals surface area contributed by atoms with E-state index in [2.05, 4.69) is 11.6 Å². The summed E-state index contributed by atoms with van der Waals surface area (Å²) in [6.45, 7) is 3.74. The summed E-state index contributed by atoms with van der Waals surface area (Å²) in [5.41, 5.74) is 0.970. The van der Waals surface area contributed by atoms with Crippen LogP contribution in [0.1, 0.15) is 30.1 Å². The molecule has 1 saturated heterocycles. The van der Waals surface area contributed by atoms with Crippen LogP contribution in [0.15, 0.2) is 53.4 Å². The quantitative estimate of drug-likeness (QED) is 0.854. The van der Waals surface area contributed by atoms with Crippen molar-refractivity contribution < 1.29 is 13.2 Å². The number of hydrogen-bond donors (Lipinski definition) is 1. The maximum atomic E-state index is 12.5. The molecule has 1 aliphatic rings. The first kappa shape index (κ1) is 18.7. The third-order valence-electron chi connectivity index (χ3n) is 4.58. The number of halogens is 1. The first-order chi connectivity index (χ1) is 12.3. The zero-order chi connectivity index (χ0) is 18.7. The highest BCUT2D eigenvalue weighted by atomic mass is 35.5. The van der Waals surface area contributed by atoms with Crippen molar-refractivity contribution in [1.82, 2.24) is 4.90 Å². The number of anilines is 1. The molecule has 0 aromatic heterocycles. The van der Waals surface area contributed by atoms with Gasteiger partial charge in [-0.1, -0.05) is 18.5 Å². The van der Waals surface area contributed by atoms with Gasteiger partial charge in [-0.25, -0.2) is 8.42 Å². The molecule has 0 bridgehead atoms. The number of carbonyl (C=O) groups is 1. The third kappa shape index (κ3) is 4.37. The van der Waals surface area contributed by atoms with Gasteiger partial charge < -0.3 is 4.90 Å². The molecule has 1 fully saturated rings. The van der Waals surface area contributed by atoms with Gasteiger partial charge in [-0.2, -0.15) is 0 Å². The standard InChI is InChI=1S/C19H21ClN2O3S/c1-14-10-12-22(13-11-14)19(23)15-2-6-17(7-3-15)21-26(24,25)18-8-4-16(20)5-9-18/h2-9,14,21H,10-13H2,1H3. The Morgan fingerprint density at radius 2 is 1.62 bits per heavy atom. The third-order valence-corrected chi connectivity index (χ3v) is 6.23. The van der Waals surface area contributed by atoms with Crippen LogP contribution in [0, 0.1) is 5.92 Å². The van der Waals surface area contributed by atoms with Crippen molar-refractivity contribution >= 4 is 33.2 Å². The van der Waals surface area contributed by atoms with Gasteiger partial charge in [-0.3, -0.25) is 9.52 Å². The van der Waals surface area contributed by atoms with Crippen molar-refractivity contribution in [3.63, 3.8) is 0 Å². The highest BCUT2D eigenvalue weighted by Gasteiger charge is 2.21. The highest BCUT2D eigenvalue weighted by molar-refractivity contribution is 7.92. The van der Waals surface area contributed by atoms with Crippen LogP contribution in [0.25, 0.3) is 0 Å². The van der Waals surface area contributed by atoms with Crippen LogP contribution in [-0.4, -0.2) is 32.3 Å². The molecular formula is C19H21ClN2O3S. The van der Waals surface area contributed by atoms with Gasteiger partial charge in [0, 0.05) is 29.4 Å². The molecule has 0 radical (unpaired) electrons. The number of nitrogens with one attached hydrogen (secondary N) is 1. The minimum absolute atomic E-state index is 0.0102. The Balaban J connectivity index is 1.69. The molecule has 138 valence electrons. The summed E-state index contributed by atoms with van der Waals surface area (Å²) in [5.74, 6) is 0.646. The summed E-state index contributed by atoms with van der Waals surface area (Å²) < 4.78 is 27.3. The van der Waals surface area contributed by atoms with E-state index >= 15 is 0 Å². The highest BCUT2D eigenvalue weighted by Crippen LogP contribution is 2.21. The molecule has 1 aliphatic heterocycles. The van der Waals surface area contributed by atoms with Crippen molar-refractivity contribution in [3.05, 3.63) is 59.1 Å². The molecule has 1 N–H and O–H groups in total. The Labute approximate surface area is 159 Å². The molecule has 1 amide bonds. The first-order valence-electron chi connectivity index (χ1n) is 8.53. The number of hydrogen-bond acceptors (Lipinski definition) is 3. The predicted molar refractivity (Wildman–Crippen MR) is 103 cm³/mol. The number of nitrogens with zero attached hydrogens (tertiary/aromatic N) is 1. The van der Waals surface area contributed by atoms with Crippen LogP contribution < -0.4 is 4.72 Å². The summed E-state index contributed by atoms with van der Waals surface area (Å²) in [5, 5.41) is 0.471. The molecule has 5 nitrogen and oxygen atoms in total. The zero-order valence-corrected chi connectivity index (χ0v) is 16.1. The molecule has 0 atom stereocenters. The van der Waals surface area contributed by atoms with Crippen molar-refractivity contribution in [3.8, 4) is 0 Å². The van der Waals surface area contributed by atoms with E-state index in [4.69, 9.17) is 11.6 Å². The second-order valence-electron chi connectivity index (χ2n) is 6.61. The molecule has 7 heteroatoms. The molecule has 0 unspecified atom stereocenters. The minimum atomic E-state index is -3.69. The van der Waals surface area contributed by atoms with E-state index in [9.17, 15) is 13.2 Å². The lowest BCUT2D eigenvalue weighted by molar-refractivity contribution is 0.0697. The van der Waals surface area contributed by atoms with Gasteiger partial charge >= 0.3 is 0 Å². The fraction of sp³-hybridized carbons (Fsp3) is 0.316. The van der Waals surface area contributed by atoms with E-state index in [1.54, 1.807) is 24.3 Å². The van der Waals surface area contributed by atoms with E-state index in [-0.39, 0.29) is 10.8 Å². The Kier molecular flexibility index (Phi) is 5.53. The summed E-state index contributed by atoms with van der Waals surface area (Å²) in [6.07, 6.45) is 2.04. The average Bonchev–Trinajstić information content (AvgIpc) is 2.62. The Bertz CT molecular complexity index is 872. The van der Waals surface area contributed by atoms with Crippen molar-refractivity contribution in [1.29, 1.82) is 0 Å². The van der Waals surface area contributed by atoms with E-state index in [0.717, 1.165) is 25.9 Å². The fourth-order valence-corrected chi connectivity index (χ4v) is 4.09. The first-order valence-corrected chi connectivity index (χ1v) is 10.4. The number of benzene rings is 2. The molecule has 2 aromatic carbocycles.